The Morgan fingerprint density at radius 1 is 1.24 bits per heavy atom. The molecule has 25 heavy (non-hydrogen) atoms. The minimum absolute atomic E-state index is 0.0327. The lowest BCUT2D eigenvalue weighted by atomic mass is 10.1. The van der Waals surface area contributed by atoms with E-state index in [1.54, 1.807) is 37.4 Å². The van der Waals surface area contributed by atoms with Crippen LogP contribution in [0.15, 0.2) is 22.5 Å². The average molecular weight is 368 g/mol. The summed E-state index contributed by atoms with van der Waals surface area (Å²) in [6.45, 7) is 6.59. The van der Waals surface area contributed by atoms with Gasteiger partial charge in [-0.2, -0.15) is 0 Å². The number of guanidine groups is 1. The number of nitrogens with one attached hydrogen (secondary N) is 2. The van der Waals surface area contributed by atoms with E-state index >= 15 is 0 Å². The van der Waals surface area contributed by atoms with Gasteiger partial charge in [-0.25, -0.2) is 4.99 Å². The monoisotopic (exact) mass is 367 g/mol. The first-order valence-corrected chi connectivity index (χ1v) is 8.99. The zero-order valence-corrected chi connectivity index (χ0v) is 16.7. The van der Waals surface area contributed by atoms with E-state index in [2.05, 4.69) is 15.6 Å². The maximum Gasteiger partial charge on any atom is 0.243 e. The molecular weight excluding hydrogens is 338 g/mol. The van der Waals surface area contributed by atoms with Crippen LogP contribution in [0.25, 0.3) is 0 Å². The van der Waals surface area contributed by atoms with Gasteiger partial charge in [0.1, 0.15) is 6.54 Å². The van der Waals surface area contributed by atoms with Gasteiger partial charge in [0.05, 0.1) is 13.1 Å². The smallest absolute Gasteiger partial charge is 0.243 e. The molecule has 0 unspecified atom stereocenters. The summed E-state index contributed by atoms with van der Waals surface area (Å²) < 4.78 is 0. The summed E-state index contributed by atoms with van der Waals surface area (Å²) in [5, 5.41) is 8.15. The predicted octanol–water partition coefficient (Wildman–Crippen LogP) is 1.13. The fraction of sp³-hybridized carbons (Fsp3) is 0.588. The molecule has 2 amide bonds. The predicted molar refractivity (Wildman–Crippen MR) is 103 cm³/mol. The fourth-order valence-corrected chi connectivity index (χ4v) is 2.57. The average Bonchev–Trinajstić information content (AvgIpc) is 2.97. The van der Waals surface area contributed by atoms with Crippen LogP contribution in [-0.2, 0) is 16.1 Å². The number of rotatable bonds is 6. The number of thiophene rings is 1. The third-order valence-corrected chi connectivity index (χ3v) is 4.00. The van der Waals surface area contributed by atoms with Gasteiger partial charge in [-0.3, -0.25) is 9.59 Å². The SMILES string of the molecule is CN(C)C(=O)CN=C(NCc1cccs1)N(C)CC(=O)NC(C)(C)C. The third-order valence-electron chi connectivity index (χ3n) is 3.12. The zero-order chi connectivity index (χ0) is 19.0. The molecule has 0 aromatic carbocycles. The minimum atomic E-state index is -0.291. The van der Waals surface area contributed by atoms with Crippen molar-refractivity contribution >= 4 is 29.1 Å². The van der Waals surface area contributed by atoms with Crippen LogP contribution in [0.2, 0.25) is 0 Å². The van der Waals surface area contributed by atoms with Crippen molar-refractivity contribution < 1.29 is 9.59 Å². The Kier molecular flexibility index (Phi) is 7.89. The van der Waals surface area contributed by atoms with Gasteiger partial charge in [0.25, 0.3) is 0 Å². The van der Waals surface area contributed by atoms with E-state index in [1.165, 1.54) is 4.90 Å². The van der Waals surface area contributed by atoms with Crippen LogP contribution >= 0.6 is 11.3 Å². The van der Waals surface area contributed by atoms with E-state index in [-0.39, 0.29) is 30.4 Å². The standard InChI is InChI=1S/C17H29N5O2S/c1-17(2,3)20-14(23)12-22(6)16(19-11-15(24)21(4)5)18-10-13-8-7-9-25-13/h7-9H,10-12H2,1-6H3,(H,18,19)(H,20,23). The Morgan fingerprint density at radius 2 is 1.92 bits per heavy atom. The second-order valence-electron chi connectivity index (χ2n) is 7.02. The Balaban J connectivity index is 2.75. The highest BCUT2D eigenvalue weighted by Crippen LogP contribution is 2.07. The molecule has 0 aliphatic carbocycles. The van der Waals surface area contributed by atoms with E-state index in [0.717, 1.165) is 4.88 Å². The van der Waals surface area contributed by atoms with Gasteiger partial charge >= 0.3 is 0 Å². The number of hydrogen-bond acceptors (Lipinski definition) is 4. The fourth-order valence-electron chi connectivity index (χ4n) is 1.92. The molecule has 1 aromatic rings. The first-order chi connectivity index (χ1) is 11.6. The van der Waals surface area contributed by atoms with E-state index in [4.69, 9.17) is 0 Å². The molecule has 0 radical (unpaired) electrons. The van der Waals surface area contributed by atoms with Crippen LogP contribution in [0, 0.1) is 0 Å². The molecule has 2 N–H and O–H groups in total. The molecule has 0 spiro atoms. The van der Waals surface area contributed by atoms with Gasteiger partial charge in [0.15, 0.2) is 5.96 Å². The number of hydrogen-bond donors (Lipinski definition) is 2. The highest BCUT2D eigenvalue weighted by Gasteiger charge is 2.17. The number of likely N-dealkylation sites (N-methyl/N-ethyl adjacent to an activating group) is 2. The Bertz CT molecular complexity index is 591. The summed E-state index contributed by atoms with van der Waals surface area (Å²) in [5.74, 6) is 0.329. The molecule has 8 heteroatoms. The zero-order valence-electron chi connectivity index (χ0n) is 15.9. The molecule has 1 rings (SSSR count). The van der Waals surface area contributed by atoms with Gasteiger partial charge < -0.3 is 20.4 Å². The molecule has 7 nitrogen and oxygen atoms in total. The minimum Gasteiger partial charge on any atom is -0.351 e. The third kappa shape index (κ3) is 8.53. The highest BCUT2D eigenvalue weighted by molar-refractivity contribution is 7.09. The van der Waals surface area contributed by atoms with Crippen LogP contribution in [0.5, 0.6) is 0 Å². The maximum absolute atomic E-state index is 12.1. The van der Waals surface area contributed by atoms with Crippen LogP contribution in [-0.4, -0.2) is 67.3 Å². The molecule has 0 saturated heterocycles. The van der Waals surface area contributed by atoms with E-state index in [9.17, 15) is 9.59 Å². The number of amides is 2. The second kappa shape index (κ2) is 9.41. The summed E-state index contributed by atoms with van der Waals surface area (Å²) in [5.41, 5.74) is -0.291. The molecule has 140 valence electrons. The van der Waals surface area contributed by atoms with Crippen LogP contribution < -0.4 is 10.6 Å². The number of carbonyl (C=O) groups excluding carboxylic acids is 2. The van der Waals surface area contributed by atoms with Crippen LogP contribution in [0.3, 0.4) is 0 Å². The topological polar surface area (TPSA) is 77.0 Å². The van der Waals surface area contributed by atoms with Crippen molar-refractivity contribution in [3.05, 3.63) is 22.4 Å². The lowest BCUT2D eigenvalue weighted by Gasteiger charge is -2.25. The Hall–Kier alpha value is -2.09. The molecule has 0 atom stereocenters. The summed E-state index contributed by atoms with van der Waals surface area (Å²) >= 11 is 1.64. The molecule has 0 saturated carbocycles. The van der Waals surface area contributed by atoms with Crippen LogP contribution in [0.1, 0.15) is 25.6 Å². The van der Waals surface area contributed by atoms with Crippen molar-refractivity contribution in [2.75, 3.05) is 34.2 Å². The summed E-state index contributed by atoms with van der Waals surface area (Å²) in [7, 11) is 5.16. The lowest BCUT2D eigenvalue weighted by molar-refractivity contribution is -0.127. The number of aliphatic imine (C=N–C) groups is 1. The normalized spacial score (nSPS) is 11.8. The van der Waals surface area contributed by atoms with Crippen molar-refractivity contribution in [3.63, 3.8) is 0 Å². The first-order valence-electron chi connectivity index (χ1n) is 8.11. The molecule has 0 bridgehead atoms. The summed E-state index contributed by atoms with van der Waals surface area (Å²) in [6.07, 6.45) is 0. The number of nitrogens with zero attached hydrogens (tertiary/aromatic N) is 3. The lowest BCUT2D eigenvalue weighted by Crippen LogP contribution is -2.48. The van der Waals surface area contributed by atoms with Gasteiger partial charge in [0.2, 0.25) is 11.8 Å². The quantitative estimate of drug-likeness (QED) is 0.584. The van der Waals surface area contributed by atoms with Gasteiger partial charge in [-0.15, -0.1) is 11.3 Å². The van der Waals surface area contributed by atoms with Crippen molar-refractivity contribution in [2.45, 2.75) is 32.9 Å². The maximum atomic E-state index is 12.1. The summed E-state index contributed by atoms with van der Waals surface area (Å²) in [4.78, 5) is 32.7. The van der Waals surface area contributed by atoms with Crippen molar-refractivity contribution in [3.8, 4) is 0 Å². The highest BCUT2D eigenvalue weighted by atomic mass is 32.1. The Morgan fingerprint density at radius 3 is 2.44 bits per heavy atom. The van der Waals surface area contributed by atoms with E-state index in [1.807, 2.05) is 38.3 Å². The van der Waals surface area contributed by atoms with E-state index < -0.39 is 0 Å². The largest absolute Gasteiger partial charge is 0.351 e. The molecule has 1 heterocycles. The van der Waals surface area contributed by atoms with Crippen molar-refractivity contribution in [2.24, 2.45) is 4.99 Å². The molecule has 1 aromatic heterocycles. The molecular formula is C17H29N5O2S. The first kappa shape index (κ1) is 21.0. The van der Waals surface area contributed by atoms with Gasteiger partial charge in [0, 0.05) is 31.6 Å². The van der Waals surface area contributed by atoms with Gasteiger partial charge in [-0.05, 0) is 32.2 Å². The molecule has 0 aliphatic heterocycles. The van der Waals surface area contributed by atoms with E-state index in [0.29, 0.717) is 12.5 Å². The van der Waals surface area contributed by atoms with Crippen molar-refractivity contribution in [1.82, 2.24) is 20.4 Å². The summed E-state index contributed by atoms with van der Waals surface area (Å²) in [6, 6.07) is 4.00. The number of carbonyl (C=O) groups is 2. The van der Waals surface area contributed by atoms with Crippen LogP contribution in [0.4, 0.5) is 0 Å². The molecule has 0 fully saturated rings. The molecule has 0 aliphatic rings. The second-order valence-corrected chi connectivity index (χ2v) is 8.05. The van der Waals surface area contributed by atoms with Crippen molar-refractivity contribution in [1.29, 1.82) is 0 Å². The Labute approximate surface area is 154 Å². The van der Waals surface area contributed by atoms with Gasteiger partial charge in [-0.1, -0.05) is 6.07 Å².